The first-order chi connectivity index (χ1) is 8.50. The van der Waals surface area contributed by atoms with Crippen LogP contribution in [-0.4, -0.2) is 50.3 Å². The summed E-state index contributed by atoms with van der Waals surface area (Å²) in [5.74, 6) is 0.654. The maximum absolute atomic E-state index is 12.0. The van der Waals surface area contributed by atoms with E-state index in [0.29, 0.717) is 18.0 Å². The molecular formula is C13H22BN3O. The van der Waals surface area contributed by atoms with Gasteiger partial charge in [-0.05, 0) is 24.1 Å². The molecule has 1 aromatic heterocycles. The molecule has 0 spiro atoms. The highest BCUT2D eigenvalue weighted by molar-refractivity contribution is 6.30. The van der Waals surface area contributed by atoms with Gasteiger partial charge in [-0.1, -0.05) is 19.9 Å². The van der Waals surface area contributed by atoms with Crippen LogP contribution < -0.4 is 10.9 Å². The van der Waals surface area contributed by atoms with Crippen LogP contribution in [-0.2, 0) is 0 Å². The molecule has 0 aliphatic rings. The molecule has 4 nitrogen and oxygen atoms in total. The molecule has 18 heavy (non-hydrogen) atoms. The molecule has 0 saturated heterocycles. The lowest BCUT2D eigenvalue weighted by atomic mass is 10.0. The first-order valence-corrected chi connectivity index (χ1v) is 6.39. The van der Waals surface area contributed by atoms with Crippen molar-refractivity contribution in [1.82, 2.24) is 15.2 Å². The summed E-state index contributed by atoms with van der Waals surface area (Å²) in [7, 11) is 3.73. The third kappa shape index (κ3) is 4.88. The second-order valence-corrected chi connectivity index (χ2v) is 5.01. The normalized spacial score (nSPS) is 10.7. The van der Waals surface area contributed by atoms with Gasteiger partial charge in [0.05, 0.1) is 5.56 Å². The maximum Gasteiger partial charge on any atom is 0.255 e. The van der Waals surface area contributed by atoms with E-state index in [0.717, 1.165) is 18.7 Å². The molecule has 0 fully saturated rings. The van der Waals surface area contributed by atoms with Gasteiger partial charge in [-0.25, -0.2) is 0 Å². The van der Waals surface area contributed by atoms with Crippen molar-refractivity contribution in [2.45, 2.75) is 13.8 Å². The second-order valence-electron chi connectivity index (χ2n) is 5.01. The number of pyridine rings is 1. The molecule has 0 unspecified atom stereocenters. The van der Waals surface area contributed by atoms with Gasteiger partial charge in [0.15, 0.2) is 7.85 Å². The predicted octanol–water partition coefficient (Wildman–Crippen LogP) is -0.342. The van der Waals surface area contributed by atoms with Crippen LogP contribution in [0.3, 0.4) is 0 Å². The van der Waals surface area contributed by atoms with Gasteiger partial charge in [0.1, 0.15) is 0 Å². The summed E-state index contributed by atoms with van der Waals surface area (Å²) >= 11 is 0. The van der Waals surface area contributed by atoms with E-state index >= 15 is 0 Å². The number of nitrogens with one attached hydrogen (secondary N) is 1. The van der Waals surface area contributed by atoms with Crippen LogP contribution in [0.2, 0.25) is 0 Å². The van der Waals surface area contributed by atoms with E-state index in [1.807, 2.05) is 27.0 Å². The van der Waals surface area contributed by atoms with Crippen LogP contribution in [0.5, 0.6) is 0 Å². The lowest BCUT2D eigenvalue weighted by Crippen LogP contribution is -2.35. The summed E-state index contributed by atoms with van der Waals surface area (Å²) in [6.45, 7) is 6.84. The Hall–Kier alpha value is -1.36. The Morgan fingerprint density at radius 3 is 2.78 bits per heavy atom. The summed E-state index contributed by atoms with van der Waals surface area (Å²) in [5, 5.41) is 3.32. The van der Waals surface area contributed by atoms with Crippen molar-refractivity contribution >= 4 is 19.3 Å². The zero-order valence-corrected chi connectivity index (χ0v) is 11.7. The molecule has 5 heteroatoms. The average Bonchev–Trinajstić information content (AvgIpc) is 2.34. The van der Waals surface area contributed by atoms with Crippen LogP contribution in [0.15, 0.2) is 18.3 Å². The minimum atomic E-state index is 0.0221. The van der Waals surface area contributed by atoms with Crippen molar-refractivity contribution in [2.75, 3.05) is 26.7 Å². The van der Waals surface area contributed by atoms with E-state index in [2.05, 4.69) is 24.1 Å². The fraction of sp³-hybridized carbons (Fsp3) is 0.538. The zero-order chi connectivity index (χ0) is 13.5. The molecule has 1 N–H and O–H groups in total. The Labute approximate surface area is 110 Å². The Bertz CT molecular complexity index is 378. The van der Waals surface area contributed by atoms with Gasteiger partial charge in [-0.3, -0.25) is 9.78 Å². The minimum Gasteiger partial charge on any atom is -0.340 e. The number of aromatic nitrogens is 1. The molecular weight excluding hydrogens is 225 g/mol. The number of hydrogen-bond acceptors (Lipinski definition) is 3. The molecule has 1 rings (SSSR count). The average molecular weight is 247 g/mol. The quantitative estimate of drug-likeness (QED) is 0.552. The monoisotopic (exact) mass is 247 g/mol. The highest BCUT2D eigenvalue weighted by Gasteiger charge is 2.11. The Balaban J connectivity index is 2.39. The molecule has 0 aliphatic carbocycles. The summed E-state index contributed by atoms with van der Waals surface area (Å²) in [6, 6.07) is 3.68. The molecule has 98 valence electrons. The van der Waals surface area contributed by atoms with Gasteiger partial charge in [0.25, 0.3) is 5.91 Å². The maximum atomic E-state index is 12.0. The van der Waals surface area contributed by atoms with Gasteiger partial charge in [0, 0.05) is 26.3 Å². The van der Waals surface area contributed by atoms with Crippen molar-refractivity contribution < 1.29 is 4.79 Å². The zero-order valence-electron chi connectivity index (χ0n) is 11.7. The Morgan fingerprint density at radius 1 is 1.50 bits per heavy atom. The fourth-order valence-corrected chi connectivity index (χ4v) is 1.55. The second kappa shape index (κ2) is 7.16. The first kappa shape index (κ1) is 14.7. The van der Waals surface area contributed by atoms with Crippen molar-refractivity contribution in [3.05, 3.63) is 23.9 Å². The van der Waals surface area contributed by atoms with Crippen molar-refractivity contribution in [1.29, 1.82) is 0 Å². The number of amides is 1. The lowest BCUT2D eigenvalue weighted by molar-refractivity contribution is 0.0795. The summed E-state index contributed by atoms with van der Waals surface area (Å²) in [6.07, 6.45) is 1.63. The van der Waals surface area contributed by atoms with Gasteiger partial charge < -0.3 is 10.2 Å². The lowest BCUT2D eigenvalue weighted by Gasteiger charge is -2.18. The highest BCUT2D eigenvalue weighted by Crippen LogP contribution is 1.99. The topological polar surface area (TPSA) is 45.2 Å². The molecule has 0 radical (unpaired) electrons. The molecule has 0 atom stereocenters. The number of hydrogen-bond donors (Lipinski definition) is 1. The number of rotatable bonds is 6. The molecule has 1 aromatic rings. The highest BCUT2D eigenvalue weighted by atomic mass is 16.2. The van der Waals surface area contributed by atoms with Gasteiger partial charge in [-0.2, -0.15) is 0 Å². The van der Waals surface area contributed by atoms with E-state index in [1.54, 1.807) is 11.1 Å². The van der Waals surface area contributed by atoms with Crippen molar-refractivity contribution in [3.8, 4) is 0 Å². The Kier molecular flexibility index (Phi) is 5.85. The number of nitrogens with zero attached hydrogens (tertiary/aromatic N) is 2. The standard InChI is InChI=1S/C13H22BN3O/c1-10(2)8-15-6-7-17(3)13(18)11-4-5-12(14)16-9-11/h4-5,9-10,15H,6-8,14H2,1-3H3. The van der Waals surface area contributed by atoms with E-state index in [1.165, 1.54) is 0 Å². The van der Waals surface area contributed by atoms with E-state index in [4.69, 9.17) is 0 Å². The third-order valence-electron chi connectivity index (χ3n) is 2.68. The summed E-state index contributed by atoms with van der Waals surface area (Å²) in [4.78, 5) is 17.9. The SMILES string of the molecule is Bc1ccc(C(=O)N(C)CCNCC(C)C)cn1. The van der Waals surface area contributed by atoms with Gasteiger partial charge in [-0.15, -0.1) is 0 Å². The van der Waals surface area contributed by atoms with Gasteiger partial charge in [0.2, 0.25) is 0 Å². The van der Waals surface area contributed by atoms with Crippen LogP contribution >= 0.6 is 0 Å². The smallest absolute Gasteiger partial charge is 0.255 e. The summed E-state index contributed by atoms with van der Waals surface area (Å²) in [5.41, 5.74) is 1.57. The van der Waals surface area contributed by atoms with Crippen molar-refractivity contribution in [2.24, 2.45) is 5.92 Å². The predicted molar refractivity (Wildman–Crippen MR) is 77.1 cm³/mol. The molecule has 0 bridgehead atoms. The van der Waals surface area contributed by atoms with Crippen LogP contribution in [0.4, 0.5) is 0 Å². The first-order valence-electron chi connectivity index (χ1n) is 6.39. The number of carbonyl (C=O) groups is 1. The molecule has 1 heterocycles. The molecule has 0 aliphatic heterocycles. The minimum absolute atomic E-state index is 0.0221. The number of likely N-dealkylation sites (N-methyl/N-ethyl adjacent to an activating group) is 1. The number of carbonyl (C=O) groups excluding carboxylic acids is 1. The molecule has 0 aromatic carbocycles. The van der Waals surface area contributed by atoms with E-state index < -0.39 is 0 Å². The van der Waals surface area contributed by atoms with Gasteiger partial charge >= 0.3 is 0 Å². The Morgan fingerprint density at radius 2 is 2.22 bits per heavy atom. The third-order valence-corrected chi connectivity index (χ3v) is 2.68. The molecule has 1 amide bonds. The largest absolute Gasteiger partial charge is 0.340 e. The van der Waals surface area contributed by atoms with E-state index in [9.17, 15) is 4.79 Å². The van der Waals surface area contributed by atoms with E-state index in [-0.39, 0.29) is 5.91 Å². The summed E-state index contributed by atoms with van der Waals surface area (Å²) < 4.78 is 0. The van der Waals surface area contributed by atoms with Crippen molar-refractivity contribution in [3.63, 3.8) is 0 Å². The van der Waals surface area contributed by atoms with Crippen LogP contribution in [0, 0.1) is 5.92 Å². The molecule has 0 saturated carbocycles. The fourth-order valence-electron chi connectivity index (χ4n) is 1.55. The van der Waals surface area contributed by atoms with Crippen LogP contribution in [0.1, 0.15) is 24.2 Å². The van der Waals surface area contributed by atoms with Crippen LogP contribution in [0.25, 0.3) is 0 Å².